The lowest BCUT2D eigenvalue weighted by molar-refractivity contribution is 0.280. The molecule has 1 aliphatic carbocycles. The van der Waals surface area contributed by atoms with Gasteiger partial charge in [-0.2, -0.15) is 0 Å². The van der Waals surface area contributed by atoms with E-state index in [4.69, 9.17) is 0 Å². The summed E-state index contributed by atoms with van der Waals surface area (Å²) >= 11 is 0. The van der Waals surface area contributed by atoms with Crippen molar-refractivity contribution < 1.29 is 5.21 Å². The lowest BCUT2D eigenvalue weighted by Crippen LogP contribution is -2.12. The molecule has 1 aromatic heterocycles. The molecule has 0 bridgehead atoms. The molecule has 5 nitrogen and oxygen atoms in total. The van der Waals surface area contributed by atoms with Crippen molar-refractivity contribution in [2.24, 2.45) is 4.99 Å². The van der Waals surface area contributed by atoms with Gasteiger partial charge in [-0.25, -0.2) is 0 Å². The number of anilines is 2. The number of hydroxylamine groups is 1. The zero-order valence-electron chi connectivity index (χ0n) is 30.1. The van der Waals surface area contributed by atoms with Gasteiger partial charge in [-0.05, 0) is 107 Å². The Hall–Kier alpha value is -6.43. The number of allylic oxidation sites excluding steroid dienone is 5. The maximum atomic E-state index is 10.2. The molecule has 8 rings (SSSR count). The number of hydrogen-bond acceptors (Lipinski definition) is 4. The van der Waals surface area contributed by atoms with E-state index in [0.29, 0.717) is 5.69 Å². The highest BCUT2D eigenvalue weighted by Crippen LogP contribution is 2.41. The molecular weight excluding hydrogens is 649 g/mol. The van der Waals surface area contributed by atoms with Crippen molar-refractivity contribution in [1.29, 1.82) is 0 Å². The summed E-state index contributed by atoms with van der Waals surface area (Å²) in [4.78, 5) is 4.64. The van der Waals surface area contributed by atoms with Gasteiger partial charge in [-0.1, -0.05) is 121 Å². The Bertz CT molecular complexity index is 2430. The summed E-state index contributed by atoms with van der Waals surface area (Å²) in [6.45, 7) is 4.06. The van der Waals surface area contributed by atoms with E-state index < -0.39 is 0 Å². The van der Waals surface area contributed by atoms with Crippen LogP contribution in [0.3, 0.4) is 0 Å². The normalized spacial score (nSPS) is 13.6. The highest BCUT2D eigenvalue weighted by Gasteiger charge is 2.23. The highest BCUT2D eigenvalue weighted by atomic mass is 16.5. The summed E-state index contributed by atoms with van der Waals surface area (Å²) in [6, 6.07) is 49.4. The molecule has 53 heavy (non-hydrogen) atoms. The van der Waals surface area contributed by atoms with Crippen molar-refractivity contribution >= 4 is 45.6 Å². The summed E-state index contributed by atoms with van der Waals surface area (Å²) in [5.74, 6) is 0. The van der Waals surface area contributed by atoms with Crippen LogP contribution >= 0.6 is 0 Å². The van der Waals surface area contributed by atoms with Gasteiger partial charge < -0.3 is 9.88 Å². The summed E-state index contributed by atoms with van der Waals surface area (Å²) in [5.41, 5.74) is 13.9. The van der Waals surface area contributed by atoms with Crippen molar-refractivity contribution in [3.63, 3.8) is 0 Å². The molecule has 0 radical (unpaired) electrons. The SMILES string of the molecule is C=N/C(=C\C(C1=CC=CCC1)n1c2ccc(-c3ccccc3)cc2c2cc(-c3ccccc3)ccc21)c1ccc(-c2ccc(NC)c(N(C)O)c2)cc1. The van der Waals surface area contributed by atoms with Gasteiger partial charge in [-0.3, -0.25) is 15.3 Å². The first-order chi connectivity index (χ1) is 26.0. The van der Waals surface area contributed by atoms with Gasteiger partial charge in [0.1, 0.15) is 0 Å². The minimum absolute atomic E-state index is 0.0954. The average molecular weight is 691 g/mol. The van der Waals surface area contributed by atoms with E-state index in [1.807, 2.05) is 19.2 Å². The molecule has 7 aromatic rings. The molecule has 0 spiro atoms. The predicted molar refractivity (Wildman–Crippen MR) is 225 cm³/mol. The number of benzene rings is 6. The van der Waals surface area contributed by atoms with E-state index in [1.54, 1.807) is 7.05 Å². The number of aromatic nitrogens is 1. The van der Waals surface area contributed by atoms with Gasteiger partial charge in [0.15, 0.2) is 0 Å². The van der Waals surface area contributed by atoms with E-state index >= 15 is 0 Å². The molecule has 6 aromatic carbocycles. The third-order valence-electron chi connectivity index (χ3n) is 10.3. The molecule has 1 unspecified atom stereocenters. The van der Waals surface area contributed by atoms with E-state index in [2.05, 4.69) is 173 Å². The van der Waals surface area contributed by atoms with Crippen molar-refractivity contribution in [2.45, 2.75) is 18.9 Å². The minimum Gasteiger partial charge on any atom is -0.386 e. The Morgan fingerprint density at radius 2 is 1.28 bits per heavy atom. The van der Waals surface area contributed by atoms with E-state index in [1.165, 1.54) is 49.6 Å². The second-order valence-electron chi connectivity index (χ2n) is 13.5. The molecule has 1 atom stereocenters. The Morgan fingerprint density at radius 3 is 1.81 bits per heavy atom. The van der Waals surface area contributed by atoms with Crippen LogP contribution in [0.1, 0.15) is 24.4 Å². The molecule has 0 saturated carbocycles. The van der Waals surface area contributed by atoms with Crippen LogP contribution < -0.4 is 10.4 Å². The molecule has 0 fully saturated rings. The van der Waals surface area contributed by atoms with Crippen LogP contribution in [-0.2, 0) is 0 Å². The topological polar surface area (TPSA) is 52.8 Å². The predicted octanol–water partition coefficient (Wildman–Crippen LogP) is 12.2. The van der Waals surface area contributed by atoms with Crippen LogP contribution in [0.4, 0.5) is 11.4 Å². The monoisotopic (exact) mass is 690 g/mol. The van der Waals surface area contributed by atoms with E-state index in [0.717, 1.165) is 46.0 Å². The number of rotatable bonds is 10. The fraction of sp³-hybridized carbons (Fsp3) is 0.104. The molecule has 1 heterocycles. The minimum atomic E-state index is -0.0954. The smallest absolute Gasteiger partial charge is 0.0868 e. The largest absolute Gasteiger partial charge is 0.386 e. The van der Waals surface area contributed by atoms with Crippen molar-refractivity contribution in [3.05, 3.63) is 175 Å². The van der Waals surface area contributed by atoms with E-state index in [-0.39, 0.29) is 6.04 Å². The maximum Gasteiger partial charge on any atom is 0.0868 e. The van der Waals surface area contributed by atoms with Gasteiger partial charge in [-0.15, -0.1) is 0 Å². The quantitative estimate of drug-likeness (QED) is 0.111. The van der Waals surface area contributed by atoms with Crippen molar-refractivity contribution in [2.75, 3.05) is 24.5 Å². The first-order valence-electron chi connectivity index (χ1n) is 18.1. The molecule has 5 heteroatoms. The fourth-order valence-corrected chi connectivity index (χ4v) is 7.60. The van der Waals surface area contributed by atoms with Gasteiger partial charge in [0.25, 0.3) is 0 Å². The number of nitrogens with one attached hydrogen (secondary N) is 1. The number of aliphatic imine (C=N–C) groups is 1. The molecule has 0 saturated heterocycles. The average Bonchev–Trinajstić information content (AvgIpc) is 3.54. The lowest BCUT2D eigenvalue weighted by atomic mass is 9.95. The van der Waals surface area contributed by atoms with E-state index in [9.17, 15) is 5.21 Å². The fourth-order valence-electron chi connectivity index (χ4n) is 7.60. The second-order valence-corrected chi connectivity index (χ2v) is 13.5. The maximum absolute atomic E-state index is 10.2. The van der Waals surface area contributed by atoms with Crippen LogP contribution in [0.25, 0.3) is 60.9 Å². The Balaban J connectivity index is 1.28. The Kier molecular flexibility index (Phi) is 9.32. The Morgan fingerprint density at radius 1 is 0.736 bits per heavy atom. The summed E-state index contributed by atoms with van der Waals surface area (Å²) in [5, 5.41) is 17.0. The molecular formula is C48H42N4O. The zero-order chi connectivity index (χ0) is 36.3. The molecule has 0 amide bonds. The van der Waals surface area contributed by atoms with Crippen molar-refractivity contribution in [1.82, 2.24) is 4.57 Å². The lowest BCUT2D eigenvalue weighted by Gasteiger charge is -2.24. The van der Waals surface area contributed by atoms with Crippen LogP contribution in [0.5, 0.6) is 0 Å². The van der Waals surface area contributed by atoms with Crippen LogP contribution in [0, 0.1) is 0 Å². The van der Waals surface area contributed by atoms with Crippen LogP contribution in [0.15, 0.2) is 174 Å². The third-order valence-corrected chi connectivity index (χ3v) is 10.3. The van der Waals surface area contributed by atoms with Gasteiger partial charge >= 0.3 is 0 Å². The summed E-state index contributed by atoms with van der Waals surface area (Å²) in [6.07, 6.45) is 10.9. The third kappa shape index (κ3) is 6.59. The Labute approximate surface area is 311 Å². The molecule has 2 N–H and O–H groups in total. The molecule has 1 aliphatic rings. The standard InChI is InChI=1S/C48H42N4O/c1-49-43-26-23-40(31-48(43)51(3)53)35-19-21-36(22-20-35)44(50-2)32-47(37-17-11-6-12-18-37)52-45-27-24-38(33-13-7-4-8-14-33)29-41(45)42-30-39(25-28-46(42)52)34-15-9-5-10-16-34/h4-11,13-17,19-32,47,49,53H,2,12,18H2,1,3H3/b44-32-. The number of nitrogens with zero attached hydrogens (tertiary/aromatic N) is 3. The van der Waals surface area contributed by atoms with Gasteiger partial charge in [0.05, 0.1) is 23.1 Å². The van der Waals surface area contributed by atoms with Crippen molar-refractivity contribution in [3.8, 4) is 33.4 Å². The molecule has 260 valence electrons. The van der Waals surface area contributed by atoms with Gasteiger partial charge in [0, 0.05) is 35.9 Å². The summed E-state index contributed by atoms with van der Waals surface area (Å²) < 4.78 is 2.50. The van der Waals surface area contributed by atoms with Crippen LogP contribution in [-0.4, -0.2) is 30.6 Å². The summed E-state index contributed by atoms with van der Waals surface area (Å²) in [7, 11) is 3.48. The first-order valence-corrected chi connectivity index (χ1v) is 18.1. The second kappa shape index (κ2) is 14.7. The number of hydrogen-bond donors (Lipinski definition) is 2. The highest BCUT2D eigenvalue weighted by molar-refractivity contribution is 6.11. The number of fused-ring (bicyclic) bond motifs is 3. The molecule has 0 aliphatic heterocycles. The first kappa shape index (κ1) is 33.7. The zero-order valence-corrected chi connectivity index (χ0v) is 30.1. The van der Waals surface area contributed by atoms with Crippen LogP contribution in [0.2, 0.25) is 0 Å². The van der Waals surface area contributed by atoms with Gasteiger partial charge in [0.2, 0.25) is 0 Å².